The van der Waals surface area contributed by atoms with Crippen LogP contribution in [0.15, 0.2) is 48.5 Å². The zero-order chi connectivity index (χ0) is 22.7. The van der Waals surface area contributed by atoms with Gasteiger partial charge in [-0.25, -0.2) is 0 Å². The van der Waals surface area contributed by atoms with E-state index in [0.29, 0.717) is 49.8 Å². The predicted molar refractivity (Wildman–Crippen MR) is 119 cm³/mol. The molecule has 1 atom stereocenters. The Morgan fingerprint density at radius 3 is 2.19 bits per heavy atom. The van der Waals surface area contributed by atoms with Gasteiger partial charge in [0.1, 0.15) is 11.5 Å². The average Bonchev–Trinajstić information content (AvgIpc) is 3.24. The summed E-state index contributed by atoms with van der Waals surface area (Å²) in [4.78, 5) is 43.6. The number of anilines is 1. The molecule has 32 heavy (non-hydrogen) atoms. The molecule has 2 aliphatic heterocycles. The number of carbonyl (C=O) groups is 3. The van der Waals surface area contributed by atoms with E-state index in [1.165, 1.54) is 0 Å². The lowest BCUT2D eigenvalue weighted by Crippen LogP contribution is -2.52. The standard InChI is InChI=1S/C24H27N3O5/c1-31-20-7-3-5-17(13-20)23(29)25-9-11-26(12-10-25)24(30)18-14-22(28)27(16-18)19-6-4-8-21(15-19)32-2/h3-8,13,15,18H,9-12,14,16H2,1-2H3/t18-/m1/s1. The maximum atomic E-state index is 13.1. The van der Waals surface area contributed by atoms with Crippen LogP contribution < -0.4 is 14.4 Å². The number of piperazine rings is 1. The smallest absolute Gasteiger partial charge is 0.254 e. The van der Waals surface area contributed by atoms with E-state index in [9.17, 15) is 14.4 Å². The van der Waals surface area contributed by atoms with Crippen LogP contribution >= 0.6 is 0 Å². The molecule has 2 aliphatic rings. The van der Waals surface area contributed by atoms with E-state index in [4.69, 9.17) is 9.47 Å². The summed E-state index contributed by atoms with van der Waals surface area (Å²) in [6.07, 6.45) is 0.193. The van der Waals surface area contributed by atoms with E-state index in [0.717, 1.165) is 5.69 Å². The number of benzene rings is 2. The van der Waals surface area contributed by atoms with Gasteiger partial charge in [-0.1, -0.05) is 12.1 Å². The Labute approximate surface area is 187 Å². The van der Waals surface area contributed by atoms with Crippen molar-refractivity contribution in [3.05, 3.63) is 54.1 Å². The zero-order valence-corrected chi connectivity index (χ0v) is 18.3. The van der Waals surface area contributed by atoms with Crippen molar-refractivity contribution in [2.75, 3.05) is 51.8 Å². The SMILES string of the molecule is COc1cccc(C(=O)N2CCN(C(=O)[C@@H]3CC(=O)N(c4cccc(OC)c4)C3)CC2)c1. The van der Waals surface area contributed by atoms with Gasteiger partial charge < -0.3 is 24.2 Å². The number of carbonyl (C=O) groups excluding carboxylic acids is 3. The van der Waals surface area contributed by atoms with Crippen LogP contribution in [0.4, 0.5) is 5.69 Å². The van der Waals surface area contributed by atoms with E-state index in [1.807, 2.05) is 18.2 Å². The Hall–Kier alpha value is -3.55. The van der Waals surface area contributed by atoms with Gasteiger partial charge in [-0.2, -0.15) is 0 Å². The van der Waals surface area contributed by atoms with Crippen molar-refractivity contribution in [1.29, 1.82) is 0 Å². The highest BCUT2D eigenvalue weighted by atomic mass is 16.5. The fraction of sp³-hybridized carbons (Fsp3) is 0.375. The maximum absolute atomic E-state index is 13.1. The van der Waals surface area contributed by atoms with Crippen molar-refractivity contribution in [2.45, 2.75) is 6.42 Å². The molecule has 0 aromatic heterocycles. The molecule has 2 aromatic carbocycles. The third-order valence-electron chi connectivity index (χ3n) is 6.03. The summed E-state index contributed by atoms with van der Waals surface area (Å²) in [5.74, 6) is 0.754. The van der Waals surface area contributed by atoms with Crippen LogP contribution in [0.3, 0.4) is 0 Å². The molecule has 0 bridgehead atoms. The minimum atomic E-state index is -0.380. The number of amides is 3. The second-order valence-electron chi connectivity index (χ2n) is 7.96. The van der Waals surface area contributed by atoms with E-state index >= 15 is 0 Å². The highest BCUT2D eigenvalue weighted by Gasteiger charge is 2.38. The lowest BCUT2D eigenvalue weighted by atomic mass is 10.1. The third-order valence-corrected chi connectivity index (χ3v) is 6.03. The van der Waals surface area contributed by atoms with Crippen LogP contribution in [-0.2, 0) is 9.59 Å². The Morgan fingerprint density at radius 1 is 0.875 bits per heavy atom. The monoisotopic (exact) mass is 437 g/mol. The van der Waals surface area contributed by atoms with Crippen molar-refractivity contribution in [3.8, 4) is 11.5 Å². The first-order valence-corrected chi connectivity index (χ1v) is 10.7. The molecule has 3 amide bonds. The fourth-order valence-electron chi connectivity index (χ4n) is 4.23. The lowest BCUT2D eigenvalue weighted by Gasteiger charge is -2.36. The van der Waals surface area contributed by atoms with Crippen molar-refractivity contribution in [3.63, 3.8) is 0 Å². The maximum Gasteiger partial charge on any atom is 0.254 e. The Morgan fingerprint density at radius 2 is 1.50 bits per heavy atom. The number of hydrogen-bond donors (Lipinski definition) is 0. The minimum Gasteiger partial charge on any atom is -0.497 e. The Kier molecular flexibility index (Phi) is 6.30. The molecule has 0 unspecified atom stereocenters. The van der Waals surface area contributed by atoms with Crippen LogP contribution in [0.1, 0.15) is 16.8 Å². The molecular formula is C24H27N3O5. The van der Waals surface area contributed by atoms with Gasteiger partial charge in [-0.15, -0.1) is 0 Å². The highest BCUT2D eigenvalue weighted by Crippen LogP contribution is 2.29. The second-order valence-corrected chi connectivity index (χ2v) is 7.96. The molecule has 0 aliphatic carbocycles. The molecule has 0 spiro atoms. The van der Waals surface area contributed by atoms with Crippen LogP contribution in [0, 0.1) is 5.92 Å². The molecule has 0 saturated carbocycles. The van der Waals surface area contributed by atoms with Gasteiger partial charge in [-0.3, -0.25) is 14.4 Å². The molecule has 2 heterocycles. The Balaban J connectivity index is 1.35. The quantitative estimate of drug-likeness (QED) is 0.715. The highest BCUT2D eigenvalue weighted by molar-refractivity contribution is 6.00. The minimum absolute atomic E-state index is 0.0303. The normalized spacial score (nSPS) is 18.6. The first kappa shape index (κ1) is 21.7. The van der Waals surface area contributed by atoms with Crippen LogP contribution in [0.2, 0.25) is 0 Å². The first-order chi connectivity index (χ1) is 15.5. The van der Waals surface area contributed by atoms with Crippen molar-refractivity contribution >= 4 is 23.4 Å². The summed E-state index contributed by atoms with van der Waals surface area (Å²) in [6.45, 7) is 2.19. The first-order valence-electron chi connectivity index (χ1n) is 10.7. The van der Waals surface area contributed by atoms with E-state index in [1.54, 1.807) is 59.3 Å². The van der Waals surface area contributed by atoms with Crippen LogP contribution in [-0.4, -0.2) is 74.5 Å². The molecule has 0 radical (unpaired) electrons. The predicted octanol–water partition coefficient (Wildman–Crippen LogP) is 2.04. The molecule has 0 N–H and O–H groups in total. The largest absolute Gasteiger partial charge is 0.497 e. The lowest BCUT2D eigenvalue weighted by molar-refractivity contribution is -0.137. The number of nitrogens with zero attached hydrogens (tertiary/aromatic N) is 3. The molecule has 2 aromatic rings. The number of hydrogen-bond acceptors (Lipinski definition) is 5. The topological polar surface area (TPSA) is 79.4 Å². The molecule has 4 rings (SSSR count). The third kappa shape index (κ3) is 4.39. The summed E-state index contributed by atoms with van der Waals surface area (Å²) < 4.78 is 10.4. The molecule has 8 nitrogen and oxygen atoms in total. The number of rotatable bonds is 5. The van der Waals surface area contributed by atoms with E-state index < -0.39 is 0 Å². The van der Waals surface area contributed by atoms with Crippen molar-refractivity contribution in [2.24, 2.45) is 5.92 Å². The van der Waals surface area contributed by atoms with Gasteiger partial charge >= 0.3 is 0 Å². The summed E-state index contributed by atoms with van der Waals surface area (Å²) >= 11 is 0. The number of methoxy groups -OCH3 is 2. The molecular weight excluding hydrogens is 410 g/mol. The summed E-state index contributed by atoms with van der Waals surface area (Å²) in [7, 11) is 3.15. The van der Waals surface area contributed by atoms with Crippen LogP contribution in [0.5, 0.6) is 11.5 Å². The van der Waals surface area contributed by atoms with E-state index in [-0.39, 0.29) is 30.1 Å². The molecule has 168 valence electrons. The van der Waals surface area contributed by atoms with Gasteiger partial charge in [0.25, 0.3) is 5.91 Å². The van der Waals surface area contributed by atoms with Gasteiger partial charge in [0.15, 0.2) is 0 Å². The van der Waals surface area contributed by atoms with Crippen molar-refractivity contribution < 1.29 is 23.9 Å². The molecule has 2 fully saturated rings. The molecule has 2 saturated heterocycles. The van der Waals surface area contributed by atoms with Gasteiger partial charge in [0.05, 0.1) is 20.1 Å². The summed E-state index contributed by atoms with van der Waals surface area (Å²) in [5, 5.41) is 0. The summed E-state index contributed by atoms with van der Waals surface area (Å²) in [5.41, 5.74) is 1.30. The van der Waals surface area contributed by atoms with Gasteiger partial charge in [0.2, 0.25) is 11.8 Å². The molecule has 8 heteroatoms. The average molecular weight is 437 g/mol. The summed E-state index contributed by atoms with van der Waals surface area (Å²) in [6, 6.07) is 14.4. The van der Waals surface area contributed by atoms with Gasteiger partial charge in [0, 0.05) is 56.5 Å². The Bertz CT molecular complexity index is 1020. The van der Waals surface area contributed by atoms with E-state index in [2.05, 4.69) is 0 Å². The van der Waals surface area contributed by atoms with Crippen LogP contribution in [0.25, 0.3) is 0 Å². The fourth-order valence-corrected chi connectivity index (χ4v) is 4.23. The van der Waals surface area contributed by atoms with Crippen molar-refractivity contribution in [1.82, 2.24) is 9.80 Å². The van der Waals surface area contributed by atoms with Gasteiger partial charge in [-0.05, 0) is 30.3 Å². The second kappa shape index (κ2) is 9.30. The number of ether oxygens (including phenoxy) is 2. The zero-order valence-electron chi connectivity index (χ0n) is 18.3.